The Morgan fingerprint density at radius 1 is 1.22 bits per heavy atom. The van der Waals surface area contributed by atoms with E-state index in [-0.39, 0.29) is 42.3 Å². The summed E-state index contributed by atoms with van der Waals surface area (Å²) in [4.78, 5) is 28.5. The molecule has 2 aliphatic rings. The fraction of sp³-hybridized carbons (Fsp3) is 0.545. The summed E-state index contributed by atoms with van der Waals surface area (Å²) in [5.41, 5.74) is 2.24. The smallest absolute Gasteiger partial charge is 0.226 e. The van der Waals surface area contributed by atoms with Gasteiger partial charge in [0.15, 0.2) is 0 Å². The predicted molar refractivity (Wildman–Crippen MR) is 106 cm³/mol. The molecule has 1 aliphatic heterocycles. The highest BCUT2D eigenvalue weighted by Gasteiger charge is 2.53. The minimum Gasteiger partial charge on any atom is -0.394 e. The van der Waals surface area contributed by atoms with Crippen molar-refractivity contribution in [3.05, 3.63) is 41.5 Å². The first-order chi connectivity index (χ1) is 13.0. The zero-order valence-corrected chi connectivity index (χ0v) is 16.5. The SMILES string of the molecule is C/C=C/c1ccc([C@@H]2[C@@H](CN(C)C(=O)CC)N(C(=O)C3CC3)[C@H]2CO)cc1. The normalized spacial score (nSPS) is 24.7. The van der Waals surface area contributed by atoms with E-state index in [0.717, 1.165) is 24.0 Å². The summed E-state index contributed by atoms with van der Waals surface area (Å²) < 4.78 is 0. The number of nitrogens with zero attached hydrogens (tertiary/aromatic N) is 2. The molecule has 3 atom stereocenters. The van der Waals surface area contributed by atoms with E-state index in [0.29, 0.717) is 13.0 Å². The molecule has 0 radical (unpaired) electrons. The highest BCUT2D eigenvalue weighted by molar-refractivity contribution is 5.83. The first-order valence-corrected chi connectivity index (χ1v) is 9.91. The molecule has 1 heterocycles. The van der Waals surface area contributed by atoms with Gasteiger partial charge in [-0.25, -0.2) is 0 Å². The molecule has 3 rings (SSSR count). The minimum absolute atomic E-state index is 0.0458. The molecular formula is C22H30N2O3. The van der Waals surface area contributed by atoms with E-state index in [1.54, 1.807) is 11.9 Å². The first-order valence-electron chi connectivity index (χ1n) is 9.91. The number of rotatable bonds is 7. The fourth-order valence-corrected chi connectivity index (χ4v) is 4.14. The van der Waals surface area contributed by atoms with Gasteiger partial charge in [0.25, 0.3) is 0 Å². The number of aliphatic hydroxyl groups excluding tert-OH is 1. The van der Waals surface area contributed by atoms with Crippen LogP contribution in [0.5, 0.6) is 0 Å². The number of hydrogen-bond donors (Lipinski definition) is 1. The van der Waals surface area contributed by atoms with Gasteiger partial charge in [-0.15, -0.1) is 0 Å². The molecule has 0 unspecified atom stereocenters. The summed E-state index contributed by atoms with van der Waals surface area (Å²) in [5.74, 6) is 0.359. The molecule has 1 aromatic carbocycles. The first kappa shape index (κ1) is 19.6. The van der Waals surface area contributed by atoms with E-state index in [9.17, 15) is 14.7 Å². The number of hydrogen-bond acceptors (Lipinski definition) is 3. The van der Waals surface area contributed by atoms with Gasteiger partial charge in [-0.1, -0.05) is 43.3 Å². The number of carbonyl (C=O) groups excluding carboxylic acids is 2. The van der Waals surface area contributed by atoms with Crippen molar-refractivity contribution in [2.45, 2.75) is 51.1 Å². The third-order valence-electron chi connectivity index (χ3n) is 5.78. The average Bonchev–Trinajstić information content (AvgIpc) is 3.50. The Labute approximate surface area is 161 Å². The molecule has 2 fully saturated rings. The van der Waals surface area contributed by atoms with E-state index in [2.05, 4.69) is 24.3 Å². The van der Waals surface area contributed by atoms with Gasteiger partial charge in [-0.3, -0.25) is 9.59 Å². The summed E-state index contributed by atoms with van der Waals surface area (Å²) in [6, 6.07) is 8.00. The molecule has 1 saturated heterocycles. The number of allylic oxidation sites excluding steroid dienone is 1. The van der Waals surface area contributed by atoms with Crippen LogP contribution < -0.4 is 0 Å². The van der Waals surface area contributed by atoms with Crippen LogP contribution in [0.3, 0.4) is 0 Å². The Kier molecular flexibility index (Phi) is 6.00. The lowest BCUT2D eigenvalue weighted by Gasteiger charge is -2.56. The van der Waals surface area contributed by atoms with Crippen LogP contribution >= 0.6 is 0 Å². The molecule has 0 spiro atoms. The minimum atomic E-state index is -0.208. The largest absolute Gasteiger partial charge is 0.394 e. The van der Waals surface area contributed by atoms with Crippen LogP contribution in [0.4, 0.5) is 0 Å². The van der Waals surface area contributed by atoms with Crippen molar-refractivity contribution < 1.29 is 14.7 Å². The van der Waals surface area contributed by atoms with Crippen LogP contribution in [0.1, 0.15) is 50.2 Å². The maximum Gasteiger partial charge on any atom is 0.226 e. The Morgan fingerprint density at radius 3 is 2.41 bits per heavy atom. The molecule has 146 valence electrons. The van der Waals surface area contributed by atoms with Gasteiger partial charge in [-0.2, -0.15) is 0 Å². The Bertz CT molecular complexity index is 709. The Hall–Kier alpha value is -2.14. The summed E-state index contributed by atoms with van der Waals surface area (Å²) >= 11 is 0. The number of likely N-dealkylation sites (N-methyl/N-ethyl adjacent to an activating group) is 1. The predicted octanol–water partition coefficient (Wildman–Crippen LogP) is 2.65. The maximum absolute atomic E-state index is 12.8. The molecule has 27 heavy (non-hydrogen) atoms. The Morgan fingerprint density at radius 2 is 1.89 bits per heavy atom. The van der Waals surface area contributed by atoms with Crippen LogP contribution in [-0.2, 0) is 9.59 Å². The summed E-state index contributed by atoms with van der Waals surface area (Å²) in [6.45, 7) is 4.28. The van der Waals surface area contributed by atoms with E-state index in [1.807, 2.05) is 30.9 Å². The zero-order valence-electron chi connectivity index (χ0n) is 16.5. The highest BCUT2D eigenvalue weighted by Crippen LogP contribution is 2.44. The molecular weight excluding hydrogens is 340 g/mol. The van der Waals surface area contributed by atoms with E-state index < -0.39 is 0 Å². The second-order valence-corrected chi connectivity index (χ2v) is 7.66. The second-order valence-electron chi connectivity index (χ2n) is 7.66. The molecule has 0 bridgehead atoms. The van der Waals surface area contributed by atoms with Crippen molar-refractivity contribution in [3.63, 3.8) is 0 Å². The van der Waals surface area contributed by atoms with Gasteiger partial charge >= 0.3 is 0 Å². The standard InChI is InChI=1S/C22H30N2O3/c1-4-6-15-7-9-16(10-8-15)21-18(13-23(3)20(26)5-2)24(19(21)14-25)22(27)17-11-12-17/h4,6-10,17-19,21,25H,5,11-14H2,1-3H3/b6-4+/t18-,19+,21-/m1/s1. The van der Waals surface area contributed by atoms with Crippen LogP contribution in [0.2, 0.25) is 0 Å². The van der Waals surface area contributed by atoms with Gasteiger partial charge in [0, 0.05) is 31.8 Å². The number of aliphatic hydroxyl groups is 1. The number of benzene rings is 1. The van der Waals surface area contributed by atoms with E-state index in [4.69, 9.17) is 0 Å². The number of carbonyl (C=O) groups is 2. The second kappa shape index (κ2) is 8.26. The molecule has 0 aromatic heterocycles. The molecule has 1 aliphatic carbocycles. The van der Waals surface area contributed by atoms with Gasteiger partial charge in [0.2, 0.25) is 11.8 Å². The molecule has 1 saturated carbocycles. The van der Waals surface area contributed by atoms with Crippen LogP contribution in [0.25, 0.3) is 6.08 Å². The van der Waals surface area contributed by atoms with Gasteiger partial charge in [-0.05, 0) is 30.9 Å². The number of amides is 2. The van der Waals surface area contributed by atoms with E-state index in [1.165, 1.54) is 0 Å². The van der Waals surface area contributed by atoms with Crippen LogP contribution in [0, 0.1) is 5.92 Å². The van der Waals surface area contributed by atoms with Crippen molar-refractivity contribution in [1.29, 1.82) is 0 Å². The highest BCUT2D eigenvalue weighted by atomic mass is 16.3. The number of likely N-dealkylation sites (tertiary alicyclic amines) is 1. The molecule has 1 aromatic rings. The van der Waals surface area contributed by atoms with E-state index >= 15 is 0 Å². The van der Waals surface area contributed by atoms with Gasteiger partial charge in [0.1, 0.15) is 0 Å². The van der Waals surface area contributed by atoms with Crippen molar-refractivity contribution in [3.8, 4) is 0 Å². The van der Waals surface area contributed by atoms with Crippen molar-refractivity contribution >= 4 is 17.9 Å². The van der Waals surface area contributed by atoms with Gasteiger partial charge < -0.3 is 14.9 Å². The van der Waals surface area contributed by atoms with Gasteiger partial charge in [0.05, 0.1) is 18.7 Å². The molecule has 5 nitrogen and oxygen atoms in total. The van der Waals surface area contributed by atoms with Crippen molar-refractivity contribution in [2.75, 3.05) is 20.2 Å². The third kappa shape index (κ3) is 3.93. The average molecular weight is 370 g/mol. The molecule has 2 amide bonds. The van der Waals surface area contributed by atoms with Crippen molar-refractivity contribution in [1.82, 2.24) is 9.80 Å². The lowest BCUT2D eigenvalue weighted by molar-refractivity contribution is -0.155. The van der Waals surface area contributed by atoms with Crippen molar-refractivity contribution in [2.24, 2.45) is 5.92 Å². The third-order valence-corrected chi connectivity index (χ3v) is 5.78. The summed E-state index contributed by atoms with van der Waals surface area (Å²) in [7, 11) is 1.80. The summed E-state index contributed by atoms with van der Waals surface area (Å²) in [6.07, 6.45) is 6.37. The summed E-state index contributed by atoms with van der Waals surface area (Å²) in [5, 5.41) is 10.00. The lowest BCUT2D eigenvalue weighted by Crippen LogP contribution is -2.69. The quantitative estimate of drug-likeness (QED) is 0.803. The topological polar surface area (TPSA) is 60.9 Å². The Balaban J connectivity index is 1.86. The maximum atomic E-state index is 12.8. The lowest BCUT2D eigenvalue weighted by atomic mass is 9.74. The monoisotopic (exact) mass is 370 g/mol. The van der Waals surface area contributed by atoms with Crippen LogP contribution in [0.15, 0.2) is 30.3 Å². The van der Waals surface area contributed by atoms with Crippen LogP contribution in [-0.4, -0.2) is 59.0 Å². The molecule has 1 N–H and O–H groups in total. The fourth-order valence-electron chi connectivity index (χ4n) is 4.14. The molecule has 5 heteroatoms. The zero-order chi connectivity index (χ0) is 19.6.